The largest absolute Gasteiger partial charge is 0.495 e. The summed E-state index contributed by atoms with van der Waals surface area (Å²) in [4.78, 5) is 25.0. The molecule has 31 heavy (non-hydrogen) atoms. The average molecular weight is 424 g/mol. The number of esters is 1. The fraction of sp³-hybridized carbons (Fsp3) is 0.375. The highest BCUT2D eigenvalue weighted by atomic mass is 16.5. The minimum atomic E-state index is -1.09. The summed E-state index contributed by atoms with van der Waals surface area (Å²) in [6.07, 6.45) is 0.411. The summed E-state index contributed by atoms with van der Waals surface area (Å²) in [5, 5.41) is 12.1. The summed E-state index contributed by atoms with van der Waals surface area (Å²) in [6, 6.07) is 10.7. The molecule has 2 aromatic rings. The number of ether oxygens (including phenoxy) is 2. The van der Waals surface area contributed by atoms with Crippen LogP contribution in [0, 0.1) is 31.1 Å². The molecule has 1 amide bonds. The van der Waals surface area contributed by atoms with Crippen LogP contribution in [0.2, 0.25) is 0 Å². The van der Waals surface area contributed by atoms with Crippen molar-refractivity contribution >= 4 is 23.6 Å². The lowest BCUT2D eigenvalue weighted by Crippen LogP contribution is -2.30. The molecule has 0 saturated carbocycles. The summed E-state index contributed by atoms with van der Waals surface area (Å²) in [6.45, 7) is 10.5. The number of aryl methyl sites for hydroxylation is 1. The van der Waals surface area contributed by atoms with Gasteiger partial charge in [-0.1, -0.05) is 26.0 Å². The number of para-hydroxylation sites is 2. The van der Waals surface area contributed by atoms with E-state index in [9.17, 15) is 14.9 Å². The SMILES string of the molecule is COc1ccccc1NC(=O)[C@H](C)OC(=O)/C(C#N)=C/c1cc(C)n(CC(C)C)c1C. The molecule has 1 aromatic carbocycles. The van der Waals surface area contributed by atoms with Crippen molar-refractivity contribution in [2.75, 3.05) is 12.4 Å². The first-order chi connectivity index (χ1) is 14.7. The highest BCUT2D eigenvalue weighted by molar-refractivity contribution is 6.01. The fourth-order valence-electron chi connectivity index (χ4n) is 3.17. The van der Waals surface area contributed by atoms with Crippen molar-refractivity contribution in [1.82, 2.24) is 4.57 Å². The van der Waals surface area contributed by atoms with Gasteiger partial charge < -0.3 is 19.4 Å². The first-order valence-electron chi connectivity index (χ1n) is 10.1. The van der Waals surface area contributed by atoms with Gasteiger partial charge in [0.2, 0.25) is 0 Å². The molecule has 1 atom stereocenters. The lowest BCUT2D eigenvalue weighted by molar-refractivity contribution is -0.148. The lowest BCUT2D eigenvalue weighted by atomic mass is 10.1. The Hall–Kier alpha value is -3.53. The van der Waals surface area contributed by atoms with E-state index >= 15 is 0 Å². The standard InChI is InChI=1S/C24H29N3O4/c1-15(2)14-27-16(3)11-19(17(27)4)12-20(13-25)24(29)31-18(5)23(28)26-21-9-7-8-10-22(21)30-6/h7-12,15,18H,14H2,1-6H3,(H,26,28)/b20-12+/t18-/m0/s1. The van der Waals surface area contributed by atoms with Crippen LogP contribution in [-0.4, -0.2) is 29.7 Å². The van der Waals surface area contributed by atoms with Crippen molar-refractivity contribution in [1.29, 1.82) is 5.26 Å². The molecular weight excluding hydrogens is 394 g/mol. The molecular formula is C24H29N3O4. The van der Waals surface area contributed by atoms with Crippen molar-refractivity contribution in [3.63, 3.8) is 0 Å². The van der Waals surface area contributed by atoms with Crippen LogP contribution in [0.25, 0.3) is 6.08 Å². The Morgan fingerprint density at radius 3 is 2.52 bits per heavy atom. The summed E-state index contributed by atoms with van der Waals surface area (Å²) >= 11 is 0. The summed E-state index contributed by atoms with van der Waals surface area (Å²) in [5.74, 6) is -0.419. The molecule has 0 saturated heterocycles. The van der Waals surface area contributed by atoms with Crippen molar-refractivity contribution < 1.29 is 19.1 Å². The van der Waals surface area contributed by atoms with Gasteiger partial charge in [-0.3, -0.25) is 4.79 Å². The molecule has 1 heterocycles. The molecule has 0 radical (unpaired) electrons. The maximum Gasteiger partial charge on any atom is 0.349 e. The minimum Gasteiger partial charge on any atom is -0.495 e. The predicted molar refractivity (Wildman–Crippen MR) is 120 cm³/mol. The van der Waals surface area contributed by atoms with Gasteiger partial charge in [-0.25, -0.2) is 4.79 Å². The Morgan fingerprint density at radius 1 is 1.23 bits per heavy atom. The Labute approximate surface area is 183 Å². The Kier molecular flexibility index (Phi) is 8.03. The number of nitriles is 1. The fourth-order valence-corrected chi connectivity index (χ4v) is 3.17. The second-order valence-corrected chi connectivity index (χ2v) is 7.74. The zero-order chi connectivity index (χ0) is 23.1. The number of carbonyl (C=O) groups is 2. The molecule has 2 rings (SSSR count). The number of nitrogens with one attached hydrogen (secondary N) is 1. The predicted octanol–water partition coefficient (Wildman–Crippen LogP) is 4.25. The van der Waals surface area contributed by atoms with E-state index in [1.54, 1.807) is 24.3 Å². The molecule has 0 aliphatic heterocycles. The number of hydrogen-bond donors (Lipinski definition) is 1. The highest BCUT2D eigenvalue weighted by Crippen LogP contribution is 2.24. The van der Waals surface area contributed by atoms with Crippen molar-refractivity contribution in [3.8, 4) is 11.8 Å². The molecule has 7 heteroatoms. The monoisotopic (exact) mass is 423 g/mol. The number of amides is 1. The minimum absolute atomic E-state index is 0.165. The van der Waals surface area contributed by atoms with Crippen LogP contribution < -0.4 is 10.1 Å². The van der Waals surface area contributed by atoms with Crippen molar-refractivity contribution in [2.24, 2.45) is 5.92 Å². The van der Waals surface area contributed by atoms with E-state index in [-0.39, 0.29) is 5.57 Å². The molecule has 0 unspecified atom stereocenters. The number of hydrogen-bond acceptors (Lipinski definition) is 5. The number of aromatic nitrogens is 1. The van der Waals surface area contributed by atoms with Gasteiger partial charge in [0.15, 0.2) is 6.10 Å². The Balaban J connectivity index is 2.14. The summed E-state index contributed by atoms with van der Waals surface area (Å²) in [5.41, 5.74) is 3.09. The molecule has 0 fully saturated rings. The van der Waals surface area contributed by atoms with Crippen LogP contribution in [0.15, 0.2) is 35.9 Å². The van der Waals surface area contributed by atoms with E-state index in [2.05, 4.69) is 23.7 Å². The summed E-state index contributed by atoms with van der Waals surface area (Å²) < 4.78 is 12.6. The van der Waals surface area contributed by atoms with Crippen LogP contribution in [-0.2, 0) is 20.9 Å². The van der Waals surface area contributed by atoms with Crippen LogP contribution in [0.1, 0.15) is 37.7 Å². The van der Waals surface area contributed by atoms with Crippen LogP contribution >= 0.6 is 0 Å². The second-order valence-electron chi connectivity index (χ2n) is 7.74. The number of benzene rings is 1. The average Bonchev–Trinajstić information content (AvgIpc) is 2.99. The van der Waals surface area contributed by atoms with E-state index in [1.165, 1.54) is 20.1 Å². The summed E-state index contributed by atoms with van der Waals surface area (Å²) in [7, 11) is 1.50. The molecule has 7 nitrogen and oxygen atoms in total. The number of carbonyl (C=O) groups excluding carboxylic acids is 2. The maximum atomic E-state index is 12.5. The topological polar surface area (TPSA) is 93.3 Å². The molecule has 0 aliphatic carbocycles. The zero-order valence-electron chi connectivity index (χ0n) is 18.9. The van der Waals surface area contributed by atoms with Gasteiger partial charge in [0.1, 0.15) is 17.4 Å². The second kappa shape index (κ2) is 10.5. The third-order valence-corrected chi connectivity index (χ3v) is 4.82. The van der Waals surface area contributed by atoms with E-state index in [0.29, 0.717) is 17.4 Å². The number of methoxy groups -OCH3 is 1. The normalized spacial score (nSPS) is 12.3. The molecule has 0 aliphatic rings. The lowest BCUT2D eigenvalue weighted by Gasteiger charge is -2.15. The maximum absolute atomic E-state index is 12.5. The first kappa shape index (κ1) is 23.7. The zero-order valence-corrected chi connectivity index (χ0v) is 18.9. The highest BCUT2D eigenvalue weighted by Gasteiger charge is 2.22. The number of nitrogens with zero attached hydrogens (tertiary/aromatic N) is 2. The molecule has 0 spiro atoms. The first-order valence-corrected chi connectivity index (χ1v) is 10.1. The Bertz CT molecular complexity index is 1030. The van der Waals surface area contributed by atoms with Gasteiger partial charge >= 0.3 is 5.97 Å². The van der Waals surface area contributed by atoms with Gasteiger partial charge in [0, 0.05) is 17.9 Å². The number of anilines is 1. The van der Waals surface area contributed by atoms with Crippen molar-refractivity contribution in [3.05, 3.63) is 52.9 Å². The van der Waals surface area contributed by atoms with Gasteiger partial charge in [-0.05, 0) is 56.5 Å². The van der Waals surface area contributed by atoms with Crippen LogP contribution in [0.5, 0.6) is 5.75 Å². The van der Waals surface area contributed by atoms with Crippen LogP contribution in [0.4, 0.5) is 5.69 Å². The van der Waals surface area contributed by atoms with Gasteiger partial charge in [0.05, 0.1) is 12.8 Å². The number of rotatable bonds is 8. The van der Waals surface area contributed by atoms with Gasteiger partial charge in [-0.15, -0.1) is 0 Å². The van der Waals surface area contributed by atoms with E-state index in [4.69, 9.17) is 9.47 Å². The van der Waals surface area contributed by atoms with Crippen LogP contribution in [0.3, 0.4) is 0 Å². The smallest absolute Gasteiger partial charge is 0.349 e. The third kappa shape index (κ3) is 5.98. The van der Waals surface area contributed by atoms with E-state index in [1.807, 2.05) is 26.0 Å². The van der Waals surface area contributed by atoms with Crippen molar-refractivity contribution in [2.45, 2.75) is 47.3 Å². The van der Waals surface area contributed by atoms with Gasteiger partial charge in [-0.2, -0.15) is 5.26 Å². The Morgan fingerprint density at radius 2 is 1.90 bits per heavy atom. The molecule has 0 bridgehead atoms. The third-order valence-electron chi connectivity index (χ3n) is 4.82. The molecule has 1 aromatic heterocycles. The quantitative estimate of drug-likeness (QED) is 0.389. The molecule has 1 N–H and O–H groups in total. The molecule has 164 valence electrons. The van der Waals surface area contributed by atoms with E-state index in [0.717, 1.165) is 23.5 Å². The van der Waals surface area contributed by atoms with E-state index < -0.39 is 18.0 Å². The van der Waals surface area contributed by atoms with Gasteiger partial charge in [0.25, 0.3) is 5.91 Å².